The van der Waals surface area contributed by atoms with Crippen LogP contribution in [0.3, 0.4) is 0 Å². The van der Waals surface area contributed by atoms with E-state index in [1.54, 1.807) is 32.9 Å². The van der Waals surface area contributed by atoms with Crippen molar-refractivity contribution < 1.29 is 6.85 Å². The third-order valence-corrected chi connectivity index (χ3v) is 4.70. The molecular weight excluding hydrogens is 340 g/mol. The number of nitriles is 1. The summed E-state index contributed by atoms with van der Waals surface area (Å²) < 4.78 is 41.3. The number of fused-ring (bicyclic) bond motifs is 3. The summed E-state index contributed by atoms with van der Waals surface area (Å²) in [7, 11) is 0. The average molecular weight is 370 g/mol. The van der Waals surface area contributed by atoms with Gasteiger partial charge >= 0.3 is 0 Å². The van der Waals surface area contributed by atoms with Gasteiger partial charge in [0.1, 0.15) is 0 Å². The van der Waals surface area contributed by atoms with Crippen LogP contribution in [0.1, 0.15) is 44.3 Å². The Bertz CT molecular complexity index is 1420. The first kappa shape index (κ1) is 13.1. The molecule has 1 heterocycles. The molecule has 0 aliphatic heterocycles. The second-order valence-electron chi connectivity index (χ2n) is 8.00. The zero-order valence-corrected chi connectivity index (χ0v) is 16.2. The maximum absolute atomic E-state index is 9.20. The third kappa shape index (κ3) is 3.37. The van der Waals surface area contributed by atoms with Crippen molar-refractivity contribution >= 4 is 21.5 Å². The van der Waals surface area contributed by atoms with Gasteiger partial charge < -0.3 is 0 Å². The van der Waals surface area contributed by atoms with Crippen LogP contribution in [0.25, 0.3) is 32.8 Å². The summed E-state index contributed by atoms with van der Waals surface area (Å²) >= 11 is 0. The molecule has 0 aliphatic carbocycles. The van der Waals surface area contributed by atoms with Crippen LogP contribution < -0.4 is 0 Å². The molecule has 0 aliphatic rings. The van der Waals surface area contributed by atoms with Crippen molar-refractivity contribution in [3.8, 4) is 17.3 Å². The molecule has 0 atom stereocenters. The van der Waals surface area contributed by atoms with Gasteiger partial charge in [0.25, 0.3) is 0 Å². The lowest BCUT2D eigenvalue weighted by Gasteiger charge is -2.20. The van der Waals surface area contributed by atoms with Crippen LogP contribution in [0.5, 0.6) is 0 Å². The van der Waals surface area contributed by atoms with E-state index in [1.807, 2.05) is 42.5 Å². The number of aromatic nitrogens is 1. The Morgan fingerprint density at radius 2 is 1.86 bits per heavy atom. The van der Waals surface area contributed by atoms with E-state index in [-0.39, 0.29) is 11.1 Å². The van der Waals surface area contributed by atoms with Crippen LogP contribution in [0.15, 0.2) is 60.8 Å². The van der Waals surface area contributed by atoms with Crippen LogP contribution in [-0.4, -0.2) is 4.98 Å². The van der Waals surface area contributed by atoms with Crippen molar-refractivity contribution in [3.63, 3.8) is 0 Å². The molecule has 3 aromatic carbocycles. The smallest absolute Gasteiger partial charge is 0.0991 e. The van der Waals surface area contributed by atoms with Crippen molar-refractivity contribution in [3.05, 3.63) is 77.5 Å². The van der Waals surface area contributed by atoms with E-state index in [0.29, 0.717) is 11.3 Å². The number of hydrogen-bond acceptors (Lipinski definition) is 2. The third-order valence-electron chi connectivity index (χ3n) is 4.70. The molecule has 2 heteroatoms. The Morgan fingerprint density at radius 3 is 2.61 bits per heavy atom. The van der Waals surface area contributed by atoms with Crippen molar-refractivity contribution in [2.45, 2.75) is 34.0 Å². The Hall–Kier alpha value is -3.18. The Kier molecular flexibility index (Phi) is 3.16. The molecule has 1 aromatic heterocycles. The molecule has 0 unspecified atom stereocenters. The summed E-state index contributed by atoms with van der Waals surface area (Å²) in [6.07, 6.45) is -0.598. The number of pyridine rings is 1. The van der Waals surface area contributed by atoms with E-state index < -0.39 is 18.6 Å². The molecule has 0 saturated heterocycles. The summed E-state index contributed by atoms with van der Waals surface area (Å²) in [6, 6.07) is 19.0. The molecule has 138 valence electrons. The normalized spacial score (nSPS) is 15.3. The number of nitrogens with zero attached hydrogens (tertiary/aromatic N) is 2. The molecule has 0 amide bonds. The predicted molar refractivity (Wildman–Crippen MR) is 117 cm³/mol. The highest BCUT2D eigenvalue weighted by molar-refractivity contribution is 6.12. The van der Waals surface area contributed by atoms with Crippen LogP contribution >= 0.6 is 0 Å². The van der Waals surface area contributed by atoms with E-state index in [1.165, 1.54) is 6.20 Å². The lowest BCUT2D eigenvalue weighted by Crippen LogP contribution is -2.10. The first-order valence-electron chi connectivity index (χ1n) is 11.7. The van der Waals surface area contributed by atoms with Gasteiger partial charge in [-0.3, -0.25) is 4.98 Å². The highest BCUT2D eigenvalue weighted by atomic mass is 14.7. The summed E-state index contributed by atoms with van der Waals surface area (Å²) in [6.45, 7) is 2.80. The molecule has 0 spiro atoms. The van der Waals surface area contributed by atoms with Gasteiger partial charge in [0, 0.05) is 18.6 Å². The van der Waals surface area contributed by atoms with E-state index in [0.717, 1.165) is 27.1 Å². The highest BCUT2D eigenvalue weighted by Gasteiger charge is 2.15. The highest BCUT2D eigenvalue weighted by Crippen LogP contribution is 2.34. The molecule has 0 bridgehead atoms. The quantitative estimate of drug-likeness (QED) is 0.363. The second-order valence-corrected chi connectivity index (χ2v) is 8.00. The maximum atomic E-state index is 9.20. The fourth-order valence-electron chi connectivity index (χ4n) is 3.50. The standard InChI is InChI=1S/C26H24N2/c1-17-16-28-25(13-20(17)14-26(2,3)4)24-7-5-6-22-21-10-8-18(15-27)12-19(21)9-11-23(22)24/h5-13,16H,14H2,1-4H3/i1D3,14D2. The Morgan fingerprint density at radius 1 is 1.04 bits per heavy atom. The zero-order chi connectivity index (χ0) is 24.2. The molecule has 4 aromatic rings. The largest absolute Gasteiger partial charge is 0.256 e. The van der Waals surface area contributed by atoms with Crippen LogP contribution in [-0.2, 0) is 6.37 Å². The van der Waals surface area contributed by atoms with Crippen LogP contribution in [0.4, 0.5) is 0 Å². The Balaban J connectivity index is 2.00. The molecule has 0 fully saturated rings. The number of hydrogen-bond donors (Lipinski definition) is 0. The summed E-state index contributed by atoms with van der Waals surface area (Å²) in [5, 5.41) is 13.1. The minimum Gasteiger partial charge on any atom is -0.256 e. The van der Waals surface area contributed by atoms with Gasteiger partial charge in [-0.15, -0.1) is 0 Å². The van der Waals surface area contributed by atoms with E-state index in [2.05, 4.69) is 11.1 Å². The predicted octanol–water partition coefficient (Wildman–Crippen LogP) is 6.82. The topological polar surface area (TPSA) is 36.7 Å². The van der Waals surface area contributed by atoms with Crippen LogP contribution in [0.2, 0.25) is 0 Å². The number of benzene rings is 3. The SMILES string of the molecule is [2H]C([2H])([2H])c1cnc(-c2cccc3c2ccc2cc(C#N)ccc23)cc1C([2H])([2H])C(C)(C)C. The minimum absolute atomic E-state index is 0.0686. The molecule has 0 saturated carbocycles. The van der Waals surface area contributed by atoms with Crippen molar-refractivity contribution in [1.29, 1.82) is 5.26 Å². The fraction of sp³-hybridized carbons (Fsp3) is 0.231. The average Bonchev–Trinajstić information content (AvgIpc) is 2.76. The van der Waals surface area contributed by atoms with E-state index in [9.17, 15) is 5.26 Å². The van der Waals surface area contributed by atoms with Crippen LogP contribution in [0, 0.1) is 23.6 Å². The van der Waals surface area contributed by atoms with Gasteiger partial charge in [0.15, 0.2) is 0 Å². The van der Waals surface area contributed by atoms with Crippen molar-refractivity contribution in [1.82, 2.24) is 4.98 Å². The maximum Gasteiger partial charge on any atom is 0.0991 e. The first-order valence-corrected chi connectivity index (χ1v) is 9.21. The van der Waals surface area contributed by atoms with Gasteiger partial charge in [-0.25, -0.2) is 0 Å². The molecular formula is C26H24N2. The number of rotatable bonds is 2. The molecule has 0 radical (unpaired) electrons. The van der Waals surface area contributed by atoms with E-state index >= 15 is 0 Å². The van der Waals surface area contributed by atoms with Gasteiger partial charge in [-0.2, -0.15) is 5.26 Å². The summed E-state index contributed by atoms with van der Waals surface area (Å²) in [5.41, 5.74) is 1.15. The first-order chi connectivity index (χ1) is 15.3. The summed E-state index contributed by atoms with van der Waals surface area (Å²) in [5.74, 6) is 0. The molecule has 28 heavy (non-hydrogen) atoms. The molecule has 4 rings (SSSR count). The summed E-state index contributed by atoms with van der Waals surface area (Å²) in [4.78, 5) is 4.46. The fourth-order valence-corrected chi connectivity index (χ4v) is 3.50. The zero-order valence-electron chi connectivity index (χ0n) is 21.2. The van der Waals surface area contributed by atoms with Gasteiger partial charge in [0.05, 0.1) is 17.3 Å². The lowest BCUT2D eigenvalue weighted by molar-refractivity contribution is 0.410. The van der Waals surface area contributed by atoms with Crippen molar-refractivity contribution in [2.24, 2.45) is 5.41 Å². The molecule has 2 nitrogen and oxygen atoms in total. The van der Waals surface area contributed by atoms with Gasteiger partial charge in [-0.05, 0) is 69.5 Å². The van der Waals surface area contributed by atoms with Crippen molar-refractivity contribution in [2.75, 3.05) is 0 Å². The van der Waals surface area contributed by atoms with Gasteiger partial charge in [0.2, 0.25) is 0 Å². The minimum atomic E-state index is -2.48. The van der Waals surface area contributed by atoms with E-state index in [4.69, 9.17) is 6.85 Å². The number of aryl methyl sites for hydroxylation is 1. The second kappa shape index (κ2) is 6.77. The molecule has 0 N–H and O–H groups in total. The van der Waals surface area contributed by atoms with Gasteiger partial charge in [-0.1, -0.05) is 57.2 Å². The monoisotopic (exact) mass is 369 g/mol. The lowest BCUT2D eigenvalue weighted by atomic mass is 9.86. The Labute approximate surface area is 173 Å².